The van der Waals surface area contributed by atoms with Crippen molar-refractivity contribution in [3.8, 4) is 5.75 Å². The Hall–Kier alpha value is -1.35. The molecule has 0 saturated heterocycles. The summed E-state index contributed by atoms with van der Waals surface area (Å²) in [5.41, 5.74) is 2.24. The number of aromatic nitrogens is 1. The predicted molar refractivity (Wildman–Crippen MR) is 116 cm³/mol. The van der Waals surface area contributed by atoms with E-state index >= 15 is 0 Å². The number of nitrogens with zero attached hydrogens (tertiary/aromatic N) is 2. The Kier molecular flexibility index (Phi) is 9.20. The first-order valence-electron chi connectivity index (χ1n) is 8.11. The first kappa shape index (κ1) is 21.7. The lowest BCUT2D eigenvalue weighted by atomic mass is 10.2. The number of rotatable bonds is 6. The van der Waals surface area contributed by atoms with Gasteiger partial charge in [-0.15, -0.1) is 35.3 Å². The van der Waals surface area contributed by atoms with Gasteiger partial charge in [-0.1, -0.05) is 12.1 Å². The standard InChI is InChI=1S/C18H26N4OS.HI/c1-12(2)23-16-8-6-7-15(9-16)10-20-18(19-5)21-11-17-13(3)22-14(4)24-17;/h6-9,12H,10-11H2,1-5H3,(H2,19,20,21);1H. The third kappa shape index (κ3) is 7.19. The van der Waals surface area contributed by atoms with Crippen LogP contribution >= 0.6 is 35.3 Å². The Morgan fingerprint density at radius 3 is 2.56 bits per heavy atom. The van der Waals surface area contributed by atoms with Crippen LogP contribution in [0, 0.1) is 13.8 Å². The maximum Gasteiger partial charge on any atom is 0.191 e. The van der Waals surface area contributed by atoms with Gasteiger partial charge in [0.15, 0.2) is 5.96 Å². The van der Waals surface area contributed by atoms with Crippen LogP contribution in [0.4, 0.5) is 0 Å². The molecule has 0 spiro atoms. The largest absolute Gasteiger partial charge is 0.491 e. The highest BCUT2D eigenvalue weighted by atomic mass is 127. The number of aryl methyl sites for hydroxylation is 2. The van der Waals surface area contributed by atoms with Crippen molar-refractivity contribution in [1.29, 1.82) is 0 Å². The predicted octanol–water partition coefficient (Wildman–Crippen LogP) is 4.03. The number of aliphatic imine (C=N–C) groups is 1. The molecule has 5 nitrogen and oxygen atoms in total. The van der Waals surface area contributed by atoms with Crippen LogP contribution in [-0.2, 0) is 13.1 Å². The molecule has 1 aromatic heterocycles. The van der Waals surface area contributed by atoms with Crippen molar-refractivity contribution in [2.75, 3.05) is 7.05 Å². The molecular weight excluding hydrogens is 447 g/mol. The Bertz CT molecular complexity index is 700. The lowest BCUT2D eigenvalue weighted by Crippen LogP contribution is -2.36. The second-order valence-corrected chi connectivity index (χ2v) is 7.12. The zero-order chi connectivity index (χ0) is 17.5. The van der Waals surface area contributed by atoms with Gasteiger partial charge in [0.1, 0.15) is 5.75 Å². The monoisotopic (exact) mass is 474 g/mol. The average molecular weight is 474 g/mol. The summed E-state index contributed by atoms with van der Waals surface area (Å²) < 4.78 is 5.73. The second-order valence-electron chi connectivity index (χ2n) is 5.83. The minimum atomic E-state index is 0. The summed E-state index contributed by atoms with van der Waals surface area (Å²) in [6.07, 6.45) is 0.175. The molecule has 7 heteroatoms. The minimum absolute atomic E-state index is 0. The van der Waals surface area contributed by atoms with E-state index < -0.39 is 0 Å². The van der Waals surface area contributed by atoms with E-state index in [0.29, 0.717) is 6.54 Å². The fourth-order valence-electron chi connectivity index (χ4n) is 2.31. The van der Waals surface area contributed by atoms with E-state index in [4.69, 9.17) is 4.74 Å². The zero-order valence-corrected chi connectivity index (χ0v) is 18.6. The highest BCUT2D eigenvalue weighted by Crippen LogP contribution is 2.17. The van der Waals surface area contributed by atoms with Crippen molar-refractivity contribution in [2.45, 2.75) is 46.9 Å². The lowest BCUT2D eigenvalue weighted by molar-refractivity contribution is 0.242. The summed E-state index contributed by atoms with van der Waals surface area (Å²) in [5.74, 6) is 1.67. The van der Waals surface area contributed by atoms with E-state index in [-0.39, 0.29) is 30.1 Å². The van der Waals surface area contributed by atoms with Crippen molar-refractivity contribution in [2.24, 2.45) is 4.99 Å². The molecule has 0 aliphatic rings. The van der Waals surface area contributed by atoms with Crippen LogP contribution in [0.25, 0.3) is 0 Å². The molecule has 0 bridgehead atoms. The van der Waals surface area contributed by atoms with Gasteiger partial charge >= 0.3 is 0 Å². The van der Waals surface area contributed by atoms with Gasteiger partial charge in [-0.05, 0) is 45.4 Å². The molecule has 0 aliphatic carbocycles. The minimum Gasteiger partial charge on any atom is -0.491 e. The van der Waals surface area contributed by atoms with E-state index in [9.17, 15) is 0 Å². The van der Waals surface area contributed by atoms with Crippen molar-refractivity contribution in [3.63, 3.8) is 0 Å². The molecule has 2 aromatic rings. The summed E-state index contributed by atoms with van der Waals surface area (Å²) in [6, 6.07) is 8.11. The SMILES string of the molecule is CN=C(NCc1cccc(OC(C)C)c1)NCc1sc(C)nc1C.I. The summed E-state index contributed by atoms with van der Waals surface area (Å²) in [4.78, 5) is 9.96. The highest BCUT2D eigenvalue weighted by Gasteiger charge is 2.06. The molecule has 0 atom stereocenters. The number of benzene rings is 1. The molecule has 25 heavy (non-hydrogen) atoms. The number of hydrogen-bond donors (Lipinski definition) is 2. The molecule has 0 amide bonds. The number of guanidine groups is 1. The first-order valence-corrected chi connectivity index (χ1v) is 8.92. The normalized spacial score (nSPS) is 11.2. The Labute approximate surface area is 171 Å². The maximum absolute atomic E-state index is 5.73. The van der Waals surface area contributed by atoms with Crippen molar-refractivity contribution < 1.29 is 4.74 Å². The van der Waals surface area contributed by atoms with Gasteiger partial charge in [-0.25, -0.2) is 4.98 Å². The molecule has 2 N–H and O–H groups in total. The Balaban J connectivity index is 0.00000312. The average Bonchev–Trinajstić information content (AvgIpc) is 2.85. The van der Waals surface area contributed by atoms with E-state index in [1.165, 1.54) is 4.88 Å². The molecule has 2 rings (SSSR count). The van der Waals surface area contributed by atoms with E-state index in [0.717, 1.165) is 34.5 Å². The first-order chi connectivity index (χ1) is 11.5. The molecule has 1 aromatic carbocycles. The molecule has 0 saturated carbocycles. The van der Waals surface area contributed by atoms with Crippen LogP contribution in [0.5, 0.6) is 5.75 Å². The van der Waals surface area contributed by atoms with Gasteiger partial charge in [0.2, 0.25) is 0 Å². The molecular formula is C18H27IN4OS. The van der Waals surface area contributed by atoms with Gasteiger partial charge in [0.25, 0.3) is 0 Å². The number of nitrogens with one attached hydrogen (secondary N) is 2. The van der Waals surface area contributed by atoms with Crippen molar-refractivity contribution in [1.82, 2.24) is 15.6 Å². The summed E-state index contributed by atoms with van der Waals surface area (Å²) >= 11 is 1.72. The molecule has 0 unspecified atom stereocenters. The number of hydrogen-bond acceptors (Lipinski definition) is 4. The van der Waals surface area contributed by atoms with Gasteiger partial charge in [0, 0.05) is 18.5 Å². The highest BCUT2D eigenvalue weighted by molar-refractivity contribution is 14.0. The lowest BCUT2D eigenvalue weighted by Gasteiger charge is -2.13. The molecule has 0 radical (unpaired) electrons. The van der Waals surface area contributed by atoms with Crippen LogP contribution in [0.15, 0.2) is 29.3 Å². The topological polar surface area (TPSA) is 58.5 Å². The summed E-state index contributed by atoms with van der Waals surface area (Å²) in [5, 5.41) is 7.76. The summed E-state index contributed by atoms with van der Waals surface area (Å²) in [6.45, 7) is 9.54. The Morgan fingerprint density at radius 1 is 1.24 bits per heavy atom. The van der Waals surface area contributed by atoms with Gasteiger partial charge in [0.05, 0.1) is 23.4 Å². The van der Waals surface area contributed by atoms with E-state index in [2.05, 4.69) is 32.7 Å². The number of ether oxygens (including phenoxy) is 1. The number of thiazole rings is 1. The number of halogens is 1. The maximum atomic E-state index is 5.73. The van der Waals surface area contributed by atoms with Crippen LogP contribution in [0.2, 0.25) is 0 Å². The fraction of sp³-hybridized carbons (Fsp3) is 0.444. The van der Waals surface area contributed by atoms with E-state index in [1.54, 1.807) is 18.4 Å². The Morgan fingerprint density at radius 2 is 1.96 bits per heavy atom. The van der Waals surface area contributed by atoms with Crippen LogP contribution in [0.1, 0.15) is 35.0 Å². The van der Waals surface area contributed by atoms with Crippen molar-refractivity contribution >= 4 is 41.3 Å². The third-order valence-electron chi connectivity index (χ3n) is 3.37. The third-order valence-corrected chi connectivity index (χ3v) is 4.44. The van der Waals surface area contributed by atoms with Gasteiger partial charge in [-0.3, -0.25) is 4.99 Å². The van der Waals surface area contributed by atoms with Gasteiger partial charge in [-0.2, -0.15) is 0 Å². The molecule has 1 heterocycles. The molecule has 0 aliphatic heterocycles. The van der Waals surface area contributed by atoms with Gasteiger partial charge < -0.3 is 15.4 Å². The van der Waals surface area contributed by atoms with E-state index in [1.807, 2.05) is 39.8 Å². The smallest absolute Gasteiger partial charge is 0.191 e. The fourth-order valence-corrected chi connectivity index (χ4v) is 3.19. The van der Waals surface area contributed by atoms with Crippen LogP contribution < -0.4 is 15.4 Å². The molecule has 138 valence electrons. The van der Waals surface area contributed by atoms with Crippen molar-refractivity contribution in [3.05, 3.63) is 45.4 Å². The second kappa shape index (κ2) is 10.6. The molecule has 0 fully saturated rings. The quantitative estimate of drug-likeness (QED) is 0.377. The van der Waals surface area contributed by atoms with Crippen LogP contribution in [-0.4, -0.2) is 24.1 Å². The van der Waals surface area contributed by atoms with Crippen LogP contribution in [0.3, 0.4) is 0 Å². The zero-order valence-electron chi connectivity index (χ0n) is 15.4. The summed E-state index contributed by atoms with van der Waals surface area (Å²) in [7, 11) is 1.78.